The molecular formula is C20H24N2O3S. The number of methoxy groups -OCH3 is 1. The van der Waals surface area contributed by atoms with Crippen molar-refractivity contribution < 1.29 is 14.3 Å². The molecule has 5 nitrogen and oxygen atoms in total. The van der Waals surface area contributed by atoms with Gasteiger partial charge in [0, 0.05) is 19.1 Å². The first-order chi connectivity index (χ1) is 12.6. The van der Waals surface area contributed by atoms with Crippen molar-refractivity contribution in [3.05, 3.63) is 57.8 Å². The van der Waals surface area contributed by atoms with Gasteiger partial charge in [0.05, 0.1) is 12.0 Å². The lowest BCUT2D eigenvalue weighted by molar-refractivity contribution is -0.146. The third-order valence-electron chi connectivity index (χ3n) is 4.77. The van der Waals surface area contributed by atoms with E-state index in [0.717, 1.165) is 12.0 Å². The van der Waals surface area contributed by atoms with Gasteiger partial charge in [-0.2, -0.15) is 0 Å². The van der Waals surface area contributed by atoms with Gasteiger partial charge in [-0.1, -0.05) is 37.3 Å². The van der Waals surface area contributed by atoms with Crippen molar-refractivity contribution in [3.8, 4) is 0 Å². The highest BCUT2D eigenvalue weighted by Crippen LogP contribution is 2.23. The number of nitrogens with one attached hydrogen (secondary N) is 1. The molecule has 1 saturated heterocycles. The number of benzene rings is 1. The molecule has 2 atom stereocenters. The SMILES string of the molecule is CCc1ccc(CN2C[C@H](NC(=O)c3cccs3)C[C@H]2C(=O)OC)cc1. The minimum absolute atomic E-state index is 0.0661. The number of carbonyl (C=O) groups is 2. The lowest BCUT2D eigenvalue weighted by atomic mass is 10.1. The van der Waals surface area contributed by atoms with Crippen LogP contribution in [0.3, 0.4) is 0 Å². The van der Waals surface area contributed by atoms with Crippen LogP contribution in [0.2, 0.25) is 0 Å². The molecule has 2 heterocycles. The van der Waals surface area contributed by atoms with E-state index < -0.39 is 0 Å². The molecule has 0 aliphatic carbocycles. The molecule has 1 aliphatic rings. The zero-order valence-corrected chi connectivity index (χ0v) is 15.9. The van der Waals surface area contributed by atoms with Crippen LogP contribution in [0.25, 0.3) is 0 Å². The van der Waals surface area contributed by atoms with Crippen LogP contribution in [0, 0.1) is 0 Å². The zero-order valence-electron chi connectivity index (χ0n) is 15.1. The van der Waals surface area contributed by atoms with Gasteiger partial charge in [0.1, 0.15) is 6.04 Å². The first kappa shape index (κ1) is 18.6. The molecule has 1 aliphatic heterocycles. The highest BCUT2D eigenvalue weighted by molar-refractivity contribution is 7.12. The van der Waals surface area contributed by atoms with Crippen LogP contribution in [0.4, 0.5) is 0 Å². The zero-order chi connectivity index (χ0) is 18.5. The van der Waals surface area contributed by atoms with E-state index in [1.807, 2.05) is 11.4 Å². The standard InChI is InChI=1S/C20H24N2O3S/c1-3-14-6-8-15(9-7-14)12-22-13-16(11-17(22)20(24)25-2)21-19(23)18-5-4-10-26-18/h4-10,16-17H,3,11-13H2,1-2H3,(H,21,23)/t16-,17+/m1/s1. The topological polar surface area (TPSA) is 58.6 Å². The van der Waals surface area contributed by atoms with Crippen LogP contribution >= 0.6 is 11.3 Å². The predicted octanol–water partition coefficient (Wildman–Crippen LogP) is 2.86. The molecule has 138 valence electrons. The molecular weight excluding hydrogens is 348 g/mol. The molecule has 3 rings (SSSR count). The summed E-state index contributed by atoms with van der Waals surface area (Å²) in [5.74, 6) is -0.328. The maximum absolute atomic E-state index is 12.3. The Morgan fingerprint density at radius 2 is 1.96 bits per heavy atom. The Hall–Kier alpha value is -2.18. The number of aryl methyl sites for hydroxylation is 1. The average molecular weight is 372 g/mol. The Labute approximate surface area is 158 Å². The van der Waals surface area contributed by atoms with Crippen molar-refractivity contribution in [3.63, 3.8) is 0 Å². The summed E-state index contributed by atoms with van der Waals surface area (Å²) in [6.45, 7) is 3.42. The Morgan fingerprint density at radius 1 is 1.23 bits per heavy atom. The highest BCUT2D eigenvalue weighted by Gasteiger charge is 2.38. The largest absolute Gasteiger partial charge is 0.468 e. The highest BCUT2D eigenvalue weighted by atomic mass is 32.1. The van der Waals surface area contributed by atoms with Crippen molar-refractivity contribution in [2.45, 2.75) is 38.4 Å². The third kappa shape index (κ3) is 4.31. The van der Waals surface area contributed by atoms with Crippen molar-refractivity contribution in [1.29, 1.82) is 0 Å². The summed E-state index contributed by atoms with van der Waals surface area (Å²) < 4.78 is 4.97. The van der Waals surface area contributed by atoms with Crippen molar-refractivity contribution in [2.24, 2.45) is 0 Å². The Balaban J connectivity index is 1.68. The van der Waals surface area contributed by atoms with Crippen LogP contribution in [-0.4, -0.2) is 42.5 Å². The Kier molecular flexibility index (Phi) is 6.06. The summed E-state index contributed by atoms with van der Waals surface area (Å²) in [6.07, 6.45) is 1.57. The first-order valence-electron chi connectivity index (χ1n) is 8.84. The number of likely N-dealkylation sites (tertiary alicyclic amines) is 1. The fraction of sp³-hybridized carbons (Fsp3) is 0.400. The molecule has 26 heavy (non-hydrogen) atoms. The van der Waals surface area contributed by atoms with E-state index in [9.17, 15) is 9.59 Å². The maximum atomic E-state index is 12.3. The van der Waals surface area contributed by atoms with Gasteiger partial charge in [0.25, 0.3) is 5.91 Å². The van der Waals surface area contributed by atoms with Crippen molar-refractivity contribution in [1.82, 2.24) is 10.2 Å². The number of rotatable bonds is 6. The van der Waals surface area contributed by atoms with Crippen molar-refractivity contribution in [2.75, 3.05) is 13.7 Å². The second-order valence-electron chi connectivity index (χ2n) is 6.52. The molecule has 1 aromatic heterocycles. The minimum Gasteiger partial charge on any atom is -0.468 e. The molecule has 0 bridgehead atoms. The van der Waals surface area contributed by atoms with Crippen LogP contribution in [-0.2, 0) is 22.5 Å². The van der Waals surface area contributed by atoms with Gasteiger partial charge < -0.3 is 10.1 Å². The number of ether oxygens (including phenoxy) is 1. The summed E-state index contributed by atoms with van der Waals surface area (Å²) in [5.41, 5.74) is 2.45. The van der Waals surface area contributed by atoms with E-state index in [4.69, 9.17) is 4.74 Å². The van der Waals surface area contributed by atoms with Gasteiger partial charge >= 0.3 is 5.97 Å². The average Bonchev–Trinajstić information content (AvgIpc) is 3.32. The van der Waals surface area contributed by atoms with Gasteiger partial charge in [-0.05, 0) is 35.4 Å². The predicted molar refractivity (Wildman–Crippen MR) is 102 cm³/mol. The Morgan fingerprint density at radius 3 is 2.58 bits per heavy atom. The molecule has 1 aromatic carbocycles. The molecule has 2 aromatic rings. The number of thiophene rings is 1. The number of hydrogen-bond donors (Lipinski definition) is 1. The van der Waals surface area contributed by atoms with Gasteiger partial charge in [-0.15, -0.1) is 11.3 Å². The lowest BCUT2D eigenvalue weighted by Gasteiger charge is -2.22. The lowest BCUT2D eigenvalue weighted by Crippen LogP contribution is -2.37. The Bertz CT molecular complexity index is 743. The number of hydrogen-bond acceptors (Lipinski definition) is 5. The van der Waals surface area contributed by atoms with Crippen molar-refractivity contribution >= 4 is 23.2 Å². The number of nitrogens with zero attached hydrogens (tertiary/aromatic N) is 1. The summed E-state index contributed by atoms with van der Waals surface area (Å²) >= 11 is 1.42. The fourth-order valence-corrected chi connectivity index (χ4v) is 3.97. The number of esters is 1. The summed E-state index contributed by atoms with van der Waals surface area (Å²) in [4.78, 5) is 27.3. The molecule has 1 fully saturated rings. The molecule has 0 saturated carbocycles. The molecule has 6 heteroatoms. The second kappa shape index (κ2) is 8.47. The number of amides is 1. The summed E-state index contributed by atoms with van der Waals surface area (Å²) in [7, 11) is 1.41. The van der Waals surface area contributed by atoms with E-state index in [0.29, 0.717) is 24.4 Å². The van der Waals surface area contributed by atoms with E-state index in [1.165, 1.54) is 24.0 Å². The van der Waals surface area contributed by atoms with Gasteiger partial charge in [0.15, 0.2) is 0 Å². The molecule has 0 unspecified atom stereocenters. The molecule has 1 amide bonds. The first-order valence-corrected chi connectivity index (χ1v) is 9.72. The minimum atomic E-state index is -0.334. The van der Waals surface area contributed by atoms with Gasteiger partial charge in [-0.25, -0.2) is 0 Å². The van der Waals surface area contributed by atoms with Crippen LogP contribution in [0.15, 0.2) is 41.8 Å². The van der Waals surface area contributed by atoms with E-state index in [1.54, 1.807) is 6.07 Å². The van der Waals surface area contributed by atoms with Crippen LogP contribution < -0.4 is 5.32 Å². The fourth-order valence-electron chi connectivity index (χ4n) is 3.34. The third-order valence-corrected chi connectivity index (χ3v) is 5.64. The van der Waals surface area contributed by atoms with Crippen LogP contribution in [0.1, 0.15) is 34.1 Å². The van der Waals surface area contributed by atoms with E-state index >= 15 is 0 Å². The quantitative estimate of drug-likeness (QED) is 0.792. The van der Waals surface area contributed by atoms with E-state index in [-0.39, 0.29) is 24.0 Å². The monoisotopic (exact) mass is 372 g/mol. The molecule has 0 spiro atoms. The molecule has 1 N–H and O–H groups in total. The van der Waals surface area contributed by atoms with Gasteiger partial charge in [-0.3, -0.25) is 14.5 Å². The molecule has 0 radical (unpaired) electrons. The van der Waals surface area contributed by atoms with E-state index in [2.05, 4.69) is 41.4 Å². The second-order valence-corrected chi connectivity index (χ2v) is 7.47. The summed E-state index contributed by atoms with van der Waals surface area (Å²) in [6, 6.07) is 11.7. The number of carbonyl (C=O) groups excluding carboxylic acids is 2. The maximum Gasteiger partial charge on any atom is 0.323 e. The smallest absolute Gasteiger partial charge is 0.323 e. The summed E-state index contributed by atoms with van der Waals surface area (Å²) in [5, 5.41) is 4.93. The normalized spacial score (nSPS) is 20.1. The van der Waals surface area contributed by atoms with Gasteiger partial charge in [0.2, 0.25) is 0 Å². The van der Waals surface area contributed by atoms with Crippen LogP contribution in [0.5, 0.6) is 0 Å².